The zero-order valence-corrected chi connectivity index (χ0v) is 43.8. The smallest absolute Gasteiger partial charge is 0.348 e. The van der Waals surface area contributed by atoms with Gasteiger partial charge in [0.25, 0.3) is 11.5 Å². The highest BCUT2D eigenvalue weighted by Crippen LogP contribution is 2.46. The summed E-state index contributed by atoms with van der Waals surface area (Å²) < 4.78 is 23.4. The Morgan fingerprint density at radius 1 is 0.875 bits per heavy atom. The van der Waals surface area contributed by atoms with Crippen molar-refractivity contribution in [3.63, 3.8) is 0 Å². The molecule has 0 saturated carbocycles. The minimum absolute atomic E-state index is 0.00741. The number of aromatic nitrogens is 5. The fraction of sp³-hybridized carbons (Fsp3) is 0.298. The number of nitrogens with one attached hydrogen (secondary N) is 6. The van der Waals surface area contributed by atoms with Gasteiger partial charge in [0.1, 0.15) is 30.0 Å². The lowest BCUT2D eigenvalue weighted by Crippen LogP contribution is -2.52. The molecule has 4 aromatic carbocycles. The average Bonchev–Trinajstić information content (AvgIpc) is 4.22. The summed E-state index contributed by atoms with van der Waals surface area (Å²) in [5, 5.41) is 52.6. The highest BCUT2D eigenvalue weighted by molar-refractivity contribution is 5.98. The first-order valence-corrected chi connectivity index (χ1v) is 25.9. The topological polar surface area (TPSA) is 318 Å². The summed E-state index contributed by atoms with van der Waals surface area (Å²) in [4.78, 5) is 112. The number of ether oxygens (including phenoxy) is 1. The molecule has 0 fully saturated rings. The third kappa shape index (κ3) is 9.90. The number of pyridine rings is 2. The number of hydrogen-bond donors (Lipinski definition) is 9. The zero-order chi connectivity index (χ0) is 56.9. The van der Waals surface area contributed by atoms with Gasteiger partial charge in [0.2, 0.25) is 23.6 Å². The fourth-order valence-electron chi connectivity index (χ4n) is 10.8. The Bertz CT molecular complexity index is 3850. The number of phenols is 2. The van der Waals surface area contributed by atoms with Gasteiger partial charge in [0.15, 0.2) is 11.4 Å². The van der Waals surface area contributed by atoms with Crippen molar-refractivity contribution in [3.8, 4) is 40.0 Å². The van der Waals surface area contributed by atoms with E-state index in [2.05, 4.69) is 36.8 Å². The standard InChI is InChI=1S/C57H55FN10O12/c1-5-57(79)37-19-42-50-35(25-67(42)54(76)36(37)26-80-55(57)77)49-39(16-15-32-28(4)38(58)20-40(64-50)48(32)49)62-47(73)24-61-53(75)41(17-29-9-7-6-8-10-29)63-46(72)23-59-45(71)22-60-52(74)30-11-13-31(14-12-30)68-51(65-66-56(68)78)34-18-33(27(2)3)43(69)21-44(34)70/h6-14,18-21,27,39,41,69-70,79H,5,15-17,22-26H2,1-4H3,(H,59,71)(H,60,74)(H,61,75)(H,62,73)(H,63,72)(H,66,78)/t39-,41-,57-/m0/s1. The van der Waals surface area contributed by atoms with E-state index in [4.69, 9.17) is 9.72 Å². The zero-order valence-electron chi connectivity index (χ0n) is 43.8. The molecule has 5 amide bonds. The van der Waals surface area contributed by atoms with Crippen LogP contribution in [-0.4, -0.2) is 101 Å². The molecule has 412 valence electrons. The summed E-state index contributed by atoms with van der Waals surface area (Å²) in [6.45, 7) is 5.01. The average molecular weight is 1090 g/mol. The SMILES string of the molecule is CC[C@@]1(O)C(=O)OCc2c1cc1n(c2=O)Cc2c-1nc1cc(F)c(C)c3c1c2[C@@H](NC(=O)CNC(=O)[C@H](Cc1ccccc1)NC(=O)CNC(=O)CNC(=O)c1ccc(-n2c(-c4cc(C(C)C)c(O)cc4O)n[nH]c2=O)cc1)CC3. The first-order valence-electron chi connectivity index (χ1n) is 25.9. The molecule has 3 aromatic heterocycles. The second-order valence-electron chi connectivity index (χ2n) is 20.3. The molecule has 23 heteroatoms. The van der Waals surface area contributed by atoms with E-state index in [1.807, 2.05) is 13.8 Å². The lowest BCUT2D eigenvalue weighted by molar-refractivity contribution is -0.172. The van der Waals surface area contributed by atoms with Gasteiger partial charge in [-0.1, -0.05) is 51.1 Å². The predicted molar refractivity (Wildman–Crippen MR) is 286 cm³/mol. The molecule has 0 bridgehead atoms. The quantitative estimate of drug-likeness (QED) is 0.0629. The van der Waals surface area contributed by atoms with Crippen LogP contribution in [0.3, 0.4) is 0 Å². The molecule has 0 radical (unpaired) electrons. The number of benzene rings is 4. The molecule has 10 rings (SSSR count). The predicted octanol–water partition coefficient (Wildman–Crippen LogP) is 3.10. The van der Waals surface area contributed by atoms with Crippen LogP contribution in [-0.2, 0) is 60.3 Å². The first kappa shape index (κ1) is 53.9. The lowest BCUT2D eigenvalue weighted by atomic mass is 9.81. The van der Waals surface area contributed by atoms with E-state index in [0.717, 1.165) is 0 Å². The van der Waals surface area contributed by atoms with Crippen molar-refractivity contribution in [2.75, 3.05) is 19.6 Å². The highest BCUT2D eigenvalue weighted by Gasteiger charge is 2.46. The van der Waals surface area contributed by atoms with Crippen molar-refractivity contribution in [2.45, 2.75) is 90.1 Å². The number of H-pyrrole nitrogens is 1. The van der Waals surface area contributed by atoms with Crippen LogP contribution in [0.25, 0.3) is 39.4 Å². The number of phenolic OH excluding ortho intramolecular Hbond substituents is 2. The molecule has 0 spiro atoms. The van der Waals surface area contributed by atoms with Crippen molar-refractivity contribution in [2.24, 2.45) is 0 Å². The van der Waals surface area contributed by atoms with E-state index in [0.29, 0.717) is 63.0 Å². The number of fused-ring (bicyclic) bond motifs is 5. The summed E-state index contributed by atoms with van der Waals surface area (Å²) in [7, 11) is 0. The summed E-state index contributed by atoms with van der Waals surface area (Å²) in [6.07, 6.45) is 0.637. The fourth-order valence-corrected chi connectivity index (χ4v) is 10.8. The van der Waals surface area contributed by atoms with Gasteiger partial charge >= 0.3 is 11.7 Å². The van der Waals surface area contributed by atoms with Gasteiger partial charge < -0.3 is 51.2 Å². The van der Waals surface area contributed by atoms with Crippen LogP contribution in [0.5, 0.6) is 11.5 Å². The Labute approximate surface area is 454 Å². The molecule has 0 unspecified atom stereocenters. The molecule has 1 aliphatic carbocycles. The Morgan fingerprint density at radius 2 is 1.60 bits per heavy atom. The second kappa shape index (κ2) is 21.4. The molecule has 0 saturated heterocycles. The van der Waals surface area contributed by atoms with Gasteiger partial charge in [-0.3, -0.25) is 28.8 Å². The van der Waals surface area contributed by atoms with Gasteiger partial charge in [-0.25, -0.2) is 28.6 Å². The van der Waals surface area contributed by atoms with Crippen LogP contribution in [0.2, 0.25) is 0 Å². The highest BCUT2D eigenvalue weighted by atomic mass is 19.1. The normalized spacial score (nSPS) is 16.2. The van der Waals surface area contributed by atoms with E-state index < -0.39 is 89.9 Å². The second-order valence-corrected chi connectivity index (χ2v) is 20.3. The number of carbonyl (C=O) groups excluding carboxylic acids is 6. The van der Waals surface area contributed by atoms with Gasteiger partial charge in [-0.15, -0.1) is 0 Å². The van der Waals surface area contributed by atoms with Crippen LogP contribution in [0.15, 0.2) is 88.5 Å². The van der Waals surface area contributed by atoms with Crippen LogP contribution in [0.1, 0.15) is 100 Å². The van der Waals surface area contributed by atoms with Crippen LogP contribution in [0, 0.1) is 12.7 Å². The summed E-state index contributed by atoms with van der Waals surface area (Å²) >= 11 is 0. The number of nitrogens with zero attached hydrogens (tertiary/aromatic N) is 4. The maximum absolute atomic E-state index is 15.5. The number of rotatable bonds is 16. The lowest BCUT2D eigenvalue weighted by Gasteiger charge is -2.31. The third-order valence-corrected chi connectivity index (χ3v) is 15.0. The molecule has 3 aliphatic rings. The van der Waals surface area contributed by atoms with Crippen LogP contribution >= 0.6 is 0 Å². The number of aromatic amines is 1. The Kier molecular flexibility index (Phi) is 14.4. The van der Waals surface area contributed by atoms with E-state index in [1.165, 1.54) is 51.6 Å². The number of halogens is 1. The monoisotopic (exact) mass is 1090 g/mol. The summed E-state index contributed by atoms with van der Waals surface area (Å²) in [5.41, 5.74) is 2.09. The van der Waals surface area contributed by atoms with E-state index in [1.54, 1.807) is 50.2 Å². The number of amides is 5. The number of aryl methyl sites for hydroxylation is 1. The number of hydrogen-bond acceptors (Lipinski definition) is 14. The van der Waals surface area contributed by atoms with Crippen molar-refractivity contribution in [1.29, 1.82) is 0 Å². The van der Waals surface area contributed by atoms with Gasteiger partial charge in [0, 0.05) is 40.6 Å². The number of carbonyl (C=O) groups is 6. The van der Waals surface area contributed by atoms with Crippen LogP contribution < -0.4 is 37.8 Å². The minimum atomic E-state index is -2.07. The molecule has 9 N–H and O–H groups in total. The Balaban J connectivity index is 0.778. The number of aromatic hydroxyl groups is 2. The van der Waals surface area contributed by atoms with E-state index >= 15 is 4.39 Å². The number of aliphatic hydroxyl groups is 1. The maximum atomic E-state index is 15.5. The largest absolute Gasteiger partial charge is 0.508 e. The Morgan fingerprint density at radius 3 is 2.33 bits per heavy atom. The van der Waals surface area contributed by atoms with E-state index in [-0.39, 0.29) is 82.7 Å². The van der Waals surface area contributed by atoms with Crippen molar-refractivity contribution in [3.05, 3.63) is 156 Å². The Hall–Kier alpha value is -9.51. The molecule has 22 nitrogen and oxygen atoms in total. The molecule has 80 heavy (non-hydrogen) atoms. The number of cyclic esters (lactones) is 1. The first-order chi connectivity index (χ1) is 38.3. The minimum Gasteiger partial charge on any atom is -0.508 e. The summed E-state index contributed by atoms with van der Waals surface area (Å²) in [5.74, 6) is -5.30. The van der Waals surface area contributed by atoms with Gasteiger partial charge in [-0.2, -0.15) is 5.10 Å². The van der Waals surface area contributed by atoms with Crippen LogP contribution in [0.4, 0.5) is 4.39 Å². The maximum Gasteiger partial charge on any atom is 0.348 e. The van der Waals surface area contributed by atoms with Crippen molar-refractivity contribution in [1.82, 2.24) is 50.9 Å². The van der Waals surface area contributed by atoms with Gasteiger partial charge in [0.05, 0.1) is 65.9 Å². The molecule has 7 aromatic rings. The molecular weight excluding hydrogens is 1040 g/mol. The van der Waals surface area contributed by atoms with Crippen molar-refractivity contribution >= 4 is 46.4 Å². The molecule has 3 atom stereocenters. The molecular formula is C57H55FN10O12. The third-order valence-electron chi connectivity index (χ3n) is 15.0. The molecule has 5 heterocycles. The number of esters is 1. The van der Waals surface area contributed by atoms with Crippen molar-refractivity contribution < 1.29 is 53.2 Å². The molecule has 2 aliphatic heterocycles. The van der Waals surface area contributed by atoms with E-state index in [9.17, 15) is 53.7 Å². The van der Waals surface area contributed by atoms with Gasteiger partial charge in [-0.05, 0) is 96.3 Å². The summed E-state index contributed by atoms with van der Waals surface area (Å²) in [6, 6.07) is 18.2.